The van der Waals surface area contributed by atoms with Gasteiger partial charge in [-0.3, -0.25) is 19.4 Å². The van der Waals surface area contributed by atoms with E-state index in [2.05, 4.69) is 10.3 Å². The minimum atomic E-state index is -4.64. The Hall–Kier alpha value is -4.27. The third-order valence-corrected chi connectivity index (χ3v) is 5.24. The molecule has 0 spiro atoms. The van der Waals surface area contributed by atoms with Gasteiger partial charge in [0.15, 0.2) is 5.78 Å². The van der Waals surface area contributed by atoms with Gasteiger partial charge in [-0.2, -0.15) is 13.2 Å². The van der Waals surface area contributed by atoms with Gasteiger partial charge in [0, 0.05) is 29.5 Å². The molecule has 4 aromatic rings. The number of halogens is 3. The predicted octanol–water partition coefficient (Wildman–Crippen LogP) is 4.59. The third kappa shape index (κ3) is 4.59. The summed E-state index contributed by atoms with van der Waals surface area (Å²) in [4.78, 5) is 42.7. The molecule has 2 aromatic carbocycles. The fourth-order valence-corrected chi connectivity index (χ4v) is 3.65. The number of aromatic nitrogens is 2. The molecule has 0 aliphatic rings. The number of nitrogens with one attached hydrogen (secondary N) is 1. The second-order valence-corrected chi connectivity index (χ2v) is 7.68. The van der Waals surface area contributed by atoms with Gasteiger partial charge in [0.25, 0.3) is 0 Å². The Bertz CT molecular complexity index is 1460. The average Bonchev–Trinajstić information content (AvgIpc) is 2.80. The first kappa shape index (κ1) is 22.9. The Morgan fingerprint density at radius 3 is 2.44 bits per heavy atom. The third-order valence-electron chi connectivity index (χ3n) is 5.24. The Morgan fingerprint density at radius 1 is 1.03 bits per heavy atom. The molecule has 0 saturated carbocycles. The quantitative estimate of drug-likeness (QED) is 0.437. The van der Waals surface area contributed by atoms with Gasteiger partial charge >= 0.3 is 6.18 Å². The Balaban J connectivity index is 1.76. The maximum atomic E-state index is 13.3. The maximum absolute atomic E-state index is 13.3. The van der Waals surface area contributed by atoms with E-state index in [9.17, 15) is 27.6 Å². The normalized spacial score (nSPS) is 11.4. The van der Waals surface area contributed by atoms with Crippen molar-refractivity contribution >= 4 is 28.3 Å². The first-order valence-electron chi connectivity index (χ1n) is 10.2. The zero-order valence-electron chi connectivity index (χ0n) is 17.9. The van der Waals surface area contributed by atoms with Crippen molar-refractivity contribution in [3.05, 3.63) is 106 Å². The van der Waals surface area contributed by atoms with E-state index in [1.807, 2.05) is 0 Å². The fourth-order valence-electron chi connectivity index (χ4n) is 3.65. The molecule has 1 amide bonds. The van der Waals surface area contributed by atoms with Crippen molar-refractivity contribution in [1.82, 2.24) is 9.55 Å². The topological polar surface area (TPSA) is 81.1 Å². The van der Waals surface area contributed by atoms with Crippen LogP contribution >= 0.6 is 0 Å². The molecule has 9 heteroatoms. The molecule has 0 aliphatic carbocycles. The largest absolute Gasteiger partial charge is 0.418 e. The molecule has 2 heterocycles. The molecule has 0 atom stereocenters. The van der Waals surface area contributed by atoms with Crippen LogP contribution < -0.4 is 10.7 Å². The Kier molecular flexibility index (Phi) is 6.02. The monoisotopic (exact) mass is 465 g/mol. The number of ketones is 1. The molecule has 2 aromatic heterocycles. The number of hydrogen-bond acceptors (Lipinski definition) is 4. The molecular formula is C25H18F3N3O3. The lowest BCUT2D eigenvalue weighted by Crippen LogP contribution is -2.25. The van der Waals surface area contributed by atoms with E-state index in [4.69, 9.17) is 0 Å². The zero-order chi connectivity index (χ0) is 24.5. The smallest absolute Gasteiger partial charge is 0.337 e. The summed E-state index contributed by atoms with van der Waals surface area (Å²) in [6, 6.07) is 12.5. The van der Waals surface area contributed by atoms with E-state index < -0.39 is 35.4 Å². The Labute approximate surface area is 191 Å². The summed E-state index contributed by atoms with van der Waals surface area (Å²) >= 11 is 0. The van der Waals surface area contributed by atoms with Crippen LogP contribution in [0.25, 0.3) is 10.9 Å². The molecule has 0 aliphatic heterocycles. The molecule has 0 bridgehead atoms. The van der Waals surface area contributed by atoms with Crippen LogP contribution in [-0.2, 0) is 17.5 Å². The van der Waals surface area contributed by atoms with Crippen molar-refractivity contribution in [3.8, 4) is 0 Å². The number of nitrogens with zero attached hydrogens (tertiary/aromatic N) is 2. The summed E-state index contributed by atoms with van der Waals surface area (Å²) < 4.78 is 41.2. The van der Waals surface area contributed by atoms with Crippen LogP contribution in [0.15, 0.2) is 78.0 Å². The number of fused-ring (bicyclic) bond motifs is 1. The van der Waals surface area contributed by atoms with Gasteiger partial charge in [-0.1, -0.05) is 23.8 Å². The van der Waals surface area contributed by atoms with Crippen molar-refractivity contribution in [3.63, 3.8) is 0 Å². The van der Waals surface area contributed by atoms with Gasteiger partial charge in [0.1, 0.15) is 6.54 Å². The van der Waals surface area contributed by atoms with Gasteiger partial charge in [-0.15, -0.1) is 0 Å². The number of hydrogen-bond donors (Lipinski definition) is 1. The first-order chi connectivity index (χ1) is 16.1. The average molecular weight is 465 g/mol. The number of carbonyl (C=O) groups is 2. The summed E-state index contributed by atoms with van der Waals surface area (Å²) in [6.45, 7) is 1.37. The van der Waals surface area contributed by atoms with Crippen molar-refractivity contribution in [1.29, 1.82) is 0 Å². The molecule has 0 unspecified atom stereocenters. The summed E-state index contributed by atoms with van der Waals surface area (Å²) in [5.74, 6) is -1.29. The van der Waals surface area contributed by atoms with Crippen molar-refractivity contribution in [2.75, 3.05) is 5.32 Å². The zero-order valence-corrected chi connectivity index (χ0v) is 17.9. The standard InChI is InChI=1S/C25H18F3N3O3/c1-15-6-7-21-17(12-15)24(34)18(23(33)16-8-10-29-11-9-16)13-31(21)14-22(32)30-20-5-3-2-4-19(20)25(26,27)28/h2-13H,14H2,1H3,(H,30,32). The van der Waals surface area contributed by atoms with Crippen LogP contribution in [0, 0.1) is 6.92 Å². The number of rotatable bonds is 5. The molecular weight excluding hydrogens is 447 g/mol. The van der Waals surface area contributed by atoms with Gasteiger partial charge in [-0.25, -0.2) is 0 Å². The van der Waals surface area contributed by atoms with E-state index in [-0.39, 0.29) is 22.2 Å². The number of pyridine rings is 2. The first-order valence-corrected chi connectivity index (χ1v) is 10.2. The molecule has 0 saturated heterocycles. The Morgan fingerprint density at radius 2 is 1.74 bits per heavy atom. The van der Waals surface area contributed by atoms with Crippen LogP contribution in [-0.4, -0.2) is 21.2 Å². The lowest BCUT2D eigenvalue weighted by Gasteiger charge is -2.16. The summed E-state index contributed by atoms with van der Waals surface area (Å²) in [7, 11) is 0. The van der Waals surface area contributed by atoms with Crippen LogP contribution in [0.5, 0.6) is 0 Å². The lowest BCUT2D eigenvalue weighted by molar-refractivity contribution is -0.137. The van der Waals surface area contributed by atoms with Crippen molar-refractivity contribution in [2.45, 2.75) is 19.6 Å². The number of anilines is 1. The van der Waals surface area contributed by atoms with E-state index in [0.717, 1.165) is 17.7 Å². The highest BCUT2D eigenvalue weighted by Crippen LogP contribution is 2.34. The SMILES string of the molecule is Cc1ccc2c(c1)c(=O)c(C(=O)c1ccncc1)cn2CC(=O)Nc1ccccc1C(F)(F)F. The van der Waals surface area contributed by atoms with E-state index in [0.29, 0.717) is 5.52 Å². The number of carbonyl (C=O) groups excluding carboxylic acids is 2. The van der Waals surface area contributed by atoms with Crippen molar-refractivity contribution < 1.29 is 22.8 Å². The maximum Gasteiger partial charge on any atom is 0.418 e. The van der Waals surface area contributed by atoms with Gasteiger partial charge in [-0.05, 0) is 43.3 Å². The van der Waals surface area contributed by atoms with E-state index >= 15 is 0 Å². The molecule has 1 N–H and O–H groups in total. The second-order valence-electron chi connectivity index (χ2n) is 7.68. The molecule has 0 radical (unpaired) electrons. The van der Waals surface area contributed by atoms with Crippen LogP contribution in [0.4, 0.5) is 18.9 Å². The number of benzene rings is 2. The predicted molar refractivity (Wildman–Crippen MR) is 121 cm³/mol. The van der Waals surface area contributed by atoms with Crippen molar-refractivity contribution in [2.24, 2.45) is 0 Å². The molecule has 6 nitrogen and oxygen atoms in total. The minimum Gasteiger partial charge on any atom is -0.337 e. The van der Waals surface area contributed by atoms with E-state index in [1.54, 1.807) is 25.1 Å². The highest BCUT2D eigenvalue weighted by atomic mass is 19.4. The fraction of sp³-hybridized carbons (Fsp3) is 0.120. The second kappa shape index (κ2) is 8.93. The molecule has 4 rings (SSSR count). The number of para-hydroxylation sites is 1. The van der Waals surface area contributed by atoms with Gasteiger partial charge in [0.05, 0.1) is 22.3 Å². The molecule has 172 valence electrons. The van der Waals surface area contributed by atoms with Gasteiger partial charge < -0.3 is 9.88 Å². The van der Waals surface area contributed by atoms with E-state index in [1.165, 1.54) is 47.4 Å². The summed E-state index contributed by atoms with van der Waals surface area (Å²) in [5, 5.41) is 2.51. The van der Waals surface area contributed by atoms with Crippen LogP contribution in [0.1, 0.15) is 27.0 Å². The lowest BCUT2D eigenvalue weighted by atomic mass is 10.0. The summed E-state index contributed by atoms with van der Waals surface area (Å²) in [6.07, 6.45) is -0.543. The van der Waals surface area contributed by atoms with Gasteiger partial charge in [0.2, 0.25) is 11.3 Å². The highest BCUT2D eigenvalue weighted by Gasteiger charge is 2.33. The molecule has 34 heavy (non-hydrogen) atoms. The number of aryl methyl sites for hydroxylation is 1. The highest BCUT2D eigenvalue weighted by molar-refractivity contribution is 6.10. The van der Waals surface area contributed by atoms with Crippen LogP contribution in [0.2, 0.25) is 0 Å². The molecule has 0 fully saturated rings. The minimum absolute atomic E-state index is 0.159. The van der Waals surface area contributed by atoms with Crippen LogP contribution in [0.3, 0.4) is 0 Å². The number of amides is 1. The number of alkyl halides is 3. The summed E-state index contributed by atoms with van der Waals surface area (Å²) in [5.41, 5.74) is -0.623.